The summed E-state index contributed by atoms with van der Waals surface area (Å²) in [5.41, 5.74) is 3.26. The summed E-state index contributed by atoms with van der Waals surface area (Å²) in [5.74, 6) is 1.07. The van der Waals surface area contributed by atoms with E-state index in [-0.39, 0.29) is 5.91 Å². The van der Waals surface area contributed by atoms with Crippen molar-refractivity contribution >= 4 is 43.5 Å². The molecule has 3 rings (SSSR count). The fourth-order valence-corrected chi connectivity index (χ4v) is 4.51. The Morgan fingerprint density at radius 3 is 2.56 bits per heavy atom. The van der Waals surface area contributed by atoms with Crippen molar-refractivity contribution in [3.63, 3.8) is 0 Å². The molecule has 4 nitrogen and oxygen atoms in total. The van der Waals surface area contributed by atoms with E-state index in [1.807, 2.05) is 23.1 Å². The van der Waals surface area contributed by atoms with Gasteiger partial charge in [0.25, 0.3) is 0 Å². The first-order chi connectivity index (χ1) is 12.1. The molecule has 2 aromatic carbocycles. The fraction of sp³-hybridized carbons (Fsp3) is 0.316. The van der Waals surface area contributed by atoms with E-state index in [2.05, 4.69) is 55.4 Å². The normalized spacial score (nSPS) is 14.2. The number of halogens is 2. The molecule has 0 bridgehead atoms. The molecule has 0 spiro atoms. The Morgan fingerprint density at radius 1 is 1.16 bits per heavy atom. The third kappa shape index (κ3) is 4.43. The van der Waals surface area contributed by atoms with E-state index in [0.29, 0.717) is 13.0 Å². The van der Waals surface area contributed by atoms with Crippen molar-refractivity contribution in [1.82, 2.24) is 5.32 Å². The quantitative estimate of drug-likeness (QED) is 0.672. The largest absolute Gasteiger partial charge is 0.495 e. The third-order valence-electron chi connectivity index (χ3n) is 4.26. The Hall–Kier alpha value is -1.37. The van der Waals surface area contributed by atoms with E-state index in [4.69, 9.17) is 4.74 Å². The molecule has 0 unspecified atom stereocenters. The van der Waals surface area contributed by atoms with Crippen LogP contribution in [-0.4, -0.2) is 19.6 Å². The minimum absolute atomic E-state index is 0.221. The highest BCUT2D eigenvalue weighted by molar-refractivity contribution is 9.11. The van der Waals surface area contributed by atoms with Gasteiger partial charge in [-0.05, 0) is 52.2 Å². The highest BCUT2D eigenvalue weighted by atomic mass is 79.9. The molecular weight excluding hydrogens is 448 g/mol. The van der Waals surface area contributed by atoms with Gasteiger partial charge in [0.05, 0.1) is 11.6 Å². The summed E-state index contributed by atoms with van der Waals surface area (Å²) in [4.78, 5) is 13.7. The molecule has 0 atom stereocenters. The van der Waals surface area contributed by atoms with Crippen LogP contribution < -0.4 is 15.0 Å². The number of anilines is 1. The lowest BCUT2D eigenvalue weighted by Gasteiger charge is -2.16. The standard InChI is InChI=1S/C19H20Br2N2O2/c1-25-19-14(9-15(20)10-17(19)21)12-22-11-13-4-6-16(7-5-13)23-8-2-3-18(23)24/h4-7,9-10,22H,2-3,8,11-12H2,1H3. The van der Waals surface area contributed by atoms with E-state index >= 15 is 0 Å². The molecule has 1 saturated heterocycles. The molecule has 6 heteroatoms. The smallest absolute Gasteiger partial charge is 0.227 e. The Bertz CT molecular complexity index is 763. The van der Waals surface area contributed by atoms with Crippen molar-refractivity contribution in [3.8, 4) is 5.75 Å². The molecular formula is C19H20Br2N2O2. The summed E-state index contributed by atoms with van der Waals surface area (Å²) in [5, 5.41) is 3.44. The number of rotatable bonds is 6. The molecule has 1 amide bonds. The van der Waals surface area contributed by atoms with E-state index in [0.717, 1.165) is 45.5 Å². The van der Waals surface area contributed by atoms with Gasteiger partial charge < -0.3 is 15.0 Å². The molecule has 1 aliphatic rings. The van der Waals surface area contributed by atoms with Crippen LogP contribution >= 0.6 is 31.9 Å². The number of carbonyl (C=O) groups excluding carboxylic acids is 1. The number of benzene rings is 2. The summed E-state index contributed by atoms with van der Waals surface area (Å²) >= 11 is 7.04. The number of ether oxygens (including phenoxy) is 1. The van der Waals surface area contributed by atoms with Crippen LogP contribution in [0.15, 0.2) is 45.3 Å². The lowest BCUT2D eigenvalue weighted by Crippen LogP contribution is -2.23. The Morgan fingerprint density at radius 2 is 1.92 bits per heavy atom. The molecule has 0 aromatic heterocycles. The first-order valence-corrected chi connectivity index (χ1v) is 9.79. The van der Waals surface area contributed by atoms with Gasteiger partial charge in [-0.25, -0.2) is 0 Å². The molecule has 1 N–H and O–H groups in total. The van der Waals surface area contributed by atoms with Gasteiger partial charge in [-0.15, -0.1) is 0 Å². The monoisotopic (exact) mass is 466 g/mol. The number of nitrogens with zero attached hydrogens (tertiary/aromatic N) is 1. The predicted molar refractivity (Wildman–Crippen MR) is 107 cm³/mol. The van der Waals surface area contributed by atoms with Crippen molar-refractivity contribution in [2.24, 2.45) is 0 Å². The van der Waals surface area contributed by atoms with Crippen molar-refractivity contribution < 1.29 is 9.53 Å². The Labute approximate surface area is 164 Å². The molecule has 1 heterocycles. The second-order valence-electron chi connectivity index (χ2n) is 6.00. The van der Waals surface area contributed by atoms with Gasteiger partial charge in [0.15, 0.2) is 0 Å². The van der Waals surface area contributed by atoms with E-state index in [1.165, 1.54) is 5.56 Å². The van der Waals surface area contributed by atoms with E-state index < -0.39 is 0 Å². The lowest BCUT2D eigenvalue weighted by atomic mass is 10.1. The van der Waals surface area contributed by atoms with Crippen LogP contribution in [0.5, 0.6) is 5.75 Å². The van der Waals surface area contributed by atoms with Crippen molar-refractivity contribution in [3.05, 3.63) is 56.5 Å². The maximum absolute atomic E-state index is 11.8. The first kappa shape index (κ1) is 18.4. The van der Waals surface area contributed by atoms with Crippen LogP contribution in [0.1, 0.15) is 24.0 Å². The van der Waals surface area contributed by atoms with Crippen LogP contribution in [0.25, 0.3) is 0 Å². The number of methoxy groups -OCH3 is 1. The Balaban J connectivity index is 1.60. The number of nitrogens with one attached hydrogen (secondary N) is 1. The van der Waals surface area contributed by atoms with E-state index in [1.54, 1.807) is 7.11 Å². The number of hydrogen-bond acceptors (Lipinski definition) is 3. The molecule has 0 saturated carbocycles. The second-order valence-corrected chi connectivity index (χ2v) is 7.77. The minimum atomic E-state index is 0.221. The highest BCUT2D eigenvalue weighted by Crippen LogP contribution is 2.32. The minimum Gasteiger partial charge on any atom is -0.495 e. The molecule has 0 radical (unpaired) electrons. The molecule has 1 aliphatic heterocycles. The average molecular weight is 468 g/mol. The SMILES string of the molecule is COc1c(Br)cc(Br)cc1CNCc1ccc(N2CCCC2=O)cc1. The summed E-state index contributed by atoms with van der Waals surface area (Å²) in [7, 11) is 1.68. The third-order valence-corrected chi connectivity index (χ3v) is 5.30. The molecule has 2 aromatic rings. The zero-order chi connectivity index (χ0) is 17.8. The number of carbonyl (C=O) groups is 1. The van der Waals surface area contributed by atoms with Gasteiger partial charge in [0, 0.05) is 41.8 Å². The fourth-order valence-electron chi connectivity index (χ4n) is 3.03. The van der Waals surface area contributed by atoms with Gasteiger partial charge in [0.1, 0.15) is 5.75 Å². The molecule has 132 valence electrons. The van der Waals surface area contributed by atoms with E-state index in [9.17, 15) is 4.79 Å². The van der Waals surface area contributed by atoms with Crippen LogP contribution in [0.2, 0.25) is 0 Å². The van der Waals surface area contributed by atoms with Crippen LogP contribution in [-0.2, 0) is 17.9 Å². The maximum atomic E-state index is 11.8. The van der Waals surface area contributed by atoms with Crippen LogP contribution in [0, 0.1) is 0 Å². The van der Waals surface area contributed by atoms with Crippen molar-refractivity contribution in [1.29, 1.82) is 0 Å². The zero-order valence-electron chi connectivity index (χ0n) is 14.0. The Kier molecular flexibility index (Phi) is 6.15. The number of amides is 1. The lowest BCUT2D eigenvalue weighted by molar-refractivity contribution is -0.117. The van der Waals surface area contributed by atoms with Crippen molar-refractivity contribution in [2.75, 3.05) is 18.6 Å². The average Bonchev–Trinajstić information content (AvgIpc) is 3.01. The molecule has 1 fully saturated rings. The van der Waals surface area contributed by atoms with Gasteiger partial charge in [0.2, 0.25) is 5.91 Å². The summed E-state index contributed by atoms with van der Waals surface area (Å²) in [6.07, 6.45) is 1.61. The second kappa shape index (κ2) is 8.34. The summed E-state index contributed by atoms with van der Waals surface area (Å²) < 4.78 is 7.41. The molecule has 0 aliphatic carbocycles. The maximum Gasteiger partial charge on any atom is 0.227 e. The van der Waals surface area contributed by atoms with Gasteiger partial charge >= 0.3 is 0 Å². The number of hydrogen-bond donors (Lipinski definition) is 1. The summed E-state index contributed by atoms with van der Waals surface area (Å²) in [6.45, 7) is 2.28. The predicted octanol–water partition coefficient (Wildman–Crippen LogP) is 4.64. The molecule has 25 heavy (non-hydrogen) atoms. The zero-order valence-corrected chi connectivity index (χ0v) is 17.2. The highest BCUT2D eigenvalue weighted by Gasteiger charge is 2.21. The van der Waals surface area contributed by atoms with Gasteiger partial charge in [-0.2, -0.15) is 0 Å². The summed E-state index contributed by atoms with van der Waals surface area (Å²) in [6, 6.07) is 12.2. The van der Waals surface area contributed by atoms with Crippen LogP contribution in [0.3, 0.4) is 0 Å². The van der Waals surface area contributed by atoms with Crippen molar-refractivity contribution in [2.45, 2.75) is 25.9 Å². The van der Waals surface area contributed by atoms with Gasteiger partial charge in [-0.3, -0.25) is 4.79 Å². The first-order valence-electron chi connectivity index (χ1n) is 8.20. The van der Waals surface area contributed by atoms with Crippen LogP contribution in [0.4, 0.5) is 5.69 Å². The topological polar surface area (TPSA) is 41.6 Å². The van der Waals surface area contributed by atoms with Gasteiger partial charge in [-0.1, -0.05) is 28.1 Å².